The lowest BCUT2D eigenvalue weighted by Crippen LogP contribution is -2.58. The number of nitrogens with two attached hydrogens (primary N) is 1. The van der Waals surface area contributed by atoms with Crippen molar-refractivity contribution in [2.75, 3.05) is 26.4 Å². The highest BCUT2D eigenvalue weighted by Gasteiger charge is 2.48. The minimum atomic E-state index is -3.37. The number of piperidine rings is 1. The summed E-state index contributed by atoms with van der Waals surface area (Å²) in [7, 11) is -1.72. The summed E-state index contributed by atoms with van der Waals surface area (Å²) >= 11 is 0. The first kappa shape index (κ1) is 31.0. The molecule has 1 fully saturated rings. The molecule has 3 aromatic rings. The Morgan fingerprint density at radius 2 is 1.78 bits per heavy atom. The lowest BCUT2D eigenvalue weighted by molar-refractivity contribution is -0.138. The number of hydrogen-bond donors (Lipinski definition) is 3. The van der Waals surface area contributed by atoms with Crippen LogP contribution in [0.25, 0.3) is 10.9 Å². The maximum absolute atomic E-state index is 13.9. The molecule has 1 aliphatic heterocycles. The van der Waals surface area contributed by atoms with Crippen LogP contribution in [0, 0.1) is 0 Å². The normalized spacial score (nSPS) is 19.2. The largest absolute Gasteiger partial charge is 0.361 e. The zero-order valence-electron chi connectivity index (χ0n) is 24.0. The molecule has 2 heterocycles. The zero-order valence-corrected chi connectivity index (χ0v) is 25.6. The molecule has 1 spiro atoms. The van der Waals surface area contributed by atoms with Crippen molar-refractivity contribution in [3.8, 4) is 0 Å². The fourth-order valence-corrected chi connectivity index (χ4v) is 6.98. The van der Waals surface area contributed by atoms with Crippen LogP contribution in [0.1, 0.15) is 55.8 Å². The number of benzene rings is 2. The molecule has 2 aromatic carbocycles. The van der Waals surface area contributed by atoms with Crippen molar-refractivity contribution >= 4 is 45.1 Å². The second-order valence-corrected chi connectivity index (χ2v) is 14.0. The van der Waals surface area contributed by atoms with Crippen molar-refractivity contribution in [2.24, 2.45) is 5.73 Å². The van der Waals surface area contributed by atoms with Crippen LogP contribution in [-0.4, -0.2) is 72.4 Å². The van der Waals surface area contributed by atoms with Gasteiger partial charge in [-0.1, -0.05) is 42.5 Å². The molecule has 41 heavy (non-hydrogen) atoms. The van der Waals surface area contributed by atoms with Gasteiger partial charge in [-0.05, 0) is 55.9 Å². The van der Waals surface area contributed by atoms with Crippen LogP contribution in [0.5, 0.6) is 0 Å². The SMILES string of the molecule is CN([C@@H]1CC2(CCN(C(=O)C(Cc3c[nH]c4ccccc34)NC(=O)C(C)(C)N)CC2)c2ccccc21)S(C)(=O)=O.Cl. The van der Waals surface area contributed by atoms with E-state index in [-0.39, 0.29) is 35.7 Å². The molecule has 4 N–H and O–H groups in total. The summed E-state index contributed by atoms with van der Waals surface area (Å²) in [5, 5.41) is 3.95. The Balaban J connectivity index is 0.00000387. The third-order valence-electron chi connectivity index (χ3n) is 8.76. The Kier molecular flexibility index (Phi) is 8.62. The van der Waals surface area contributed by atoms with E-state index in [4.69, 9.17) is 5.73 Å². The first-order valence-electron chi connectivity index (χ1n) is 13.8. The molecule has 2 aliphatic rings. The average molecular weight is 602 g/mol. The zero-order chi connectivity index (χ0) is 28.9. The lowest BCUT2D eigenvalue weighted by Gasteiger charge is -2.42. The van der Waals surface area contributed by atoms with Crippen molar-refractivity contribution in [2.45, 2.75) is 62.6 Å². The monoisotopic (exact) mass is 601 g/mol. The smallest absolute Gasteiger partial charge is 0.245 e. The Labute approximate surface area is 248 Å². The van der Waals surface area contributed by atoms with E-state index < -0.39 is 21.6 Å². The molecule has 1 unspecified atom stereocenters. The molecule has 0 saturated carbocycles. The average Bonchev–Trinajstić information content (AvgIpc) is 3.46. The topological polar surface area (TPSA) is 129 Å². The van der Waals surface area contributed by atoms with E-state index >= 15 is 0 Å². The number of carbonyl (C=O) groups excluding carboxylic acids is 2. The van der Waals surface area contributed by atoms with Crippen molar-refractivity contribution < 1.29 is 18.0 Å². The van der Waals surface area contributed by atoms with E-state index in [9.17, 15) is 18.0 Å². The van der Waals surface area contributed by atoms with Gasteiger partial charge in [-0.25, -0.2) is 8.42 Å². The minimum Gasteiger partial charge on any atom is -0.361 e. The molecule has 1 saturated heterocycles. The van der Waals surface area contributed by atoms with Crippen LogP contribution in [-0.2, 0) is 31.4 Å². The predicted molar refractivity (Wildman–Crippen MR) is 163 cm³/mol. The van der Waals surface area contributed by atoms with Crippen molar-refractivity contribution in [3.63, 3.8) is 0 Å². The van der Waals surface area contributed by atoms with Gasteiger partial charge in [0.2, 0.25) is 21.8 Å². The number of hydrogen-bond acceptors (Lipinski definition) is 5. The maximum atomic E-state index is 13.9. The molecule has 2 atom stereocenters. The molecule has 5 rings (SSSR count). The number of likely N-dealkylation sites (tertiary alicyclic amines) is 1. The van der Waals surface area contributed by atoms with Crippen LogP contribution >= 0.6 is 12.4 Å². The molecule has 1 aromatic heterocycles. The van der Waals surface area contributed by atoms with E-state index in [1.165, 1.54) is 16.1 Å². The van der Waals surface area contributed by atoms with Gasteiger partial charge < -0.3 is 20.9 Å². The number of aromatic amines is 1. The summed E-state index contributed by atoms with van der Waals surface area (Å²) in [5.41, 5.74) is 8.89. The van der Waals surface area contributed by atoms with E-state index in [2.05, 4.69) is 16.4 Å². The molecule has 9 nitrogen and oxygen atoms in total. The van der Waals surface area contributed by atoms with Gasteiger partial charge in [0.15, 0.2) is 0 Å². The fourth-order valence-electron chi connectivity index (χ4n) is 6.33. The molecule has 11 heteroatoms. The van der Waals surface area contributed by atoms with Crippen LogP contribution in [0.3, 0.4) is 0 Å². The number of halogens is 1. The number of amides is 2. The Bertz CT molecular complexity index is 1540. The van der Waals surface area contributed by atoms with Crippen molar-refractivity contribution in [1.29, 1.82) is 0 Å². The maximum Gasteiger partial charge on any atom is 0.245 e. The Morgan fingerprint density at radius 1 is 1.15 bits per heavy atom. The summed E-state index contributed by atoms with van der Waals surface area (Å²) < 4.78 is 26.3. The van der Waals surface area contributed by atoms with E-state index in [0.717, 1.165) is 34.9 Å². The highest BCUT2D eigenvalue weighted by atomic mass is 35.5. The number of nitrogens with one attached hydrogen (secondary N) is 2. The molecule has 0 bridgehead atoms. The van der Waals surface area contributed by atoms with Gasteiger partial charge in [0.25, 0.3) is 0 Å². The third kappa shape index (κ3) is 6.02. The van der Waals surface area contributed by atoms with Gasteiger partial charge in [-0.2, -0.15) is 4.31 Å². The number of carbonyl (C=O) groups is 2. The standard InChI is InChI=1S/C30H39N5O4S.ClH/c1-29(2,31)28(37)33-25(17-20-19-32-24-12-8-6-9-21(20)24)27(36)35-15-13-30(14-16-35)18-26(34(3)40(4,38)39)22-10-5-7-11-23(22)30;/h5-12,19,25-26,32H,13-18,31H2,1-4H3,(H,33,37);1H/t25?,26-;/m1./s1. The first-order chi connectivity index (χ1) is 18.8. The molecular formula is C30H40ClN5O4S. The van der Waals surface area contributed by atoms with Gasteiger partial charge in [-0.15, -0.1) is 12.4 Å². The quantitative estimate of drug-likeness (QED) is 0.383. The number of fused-ring (bicyclic) bond motifs is 3. The summed E-state index contributed by atoms with van der Waals surface area (Å²) in [6, 6.07) is 15.0. The summed E-state index contributed by atoms with van der Waals surface area (Å²) in [6.45, 7) is 4.30. The number of sulfonamides is 1. The summed E-state index contributed by atoms with van der Waals surface area (Å²) in [4.78, 5) is 31.9. The molecule has 1 aliphatic carbocycles. The summed E-state index contributed by atoms with van der Waals surface area (Å²) in [5.74, 6) is -0.510. The highest BCUT2D eigenvalue weighted by Crippen LogP contribution is 2.52. The van der Waals surface area contributed by atoms with Gasteiger partial charge in [0, 0.05) is 49.1 Å². The van der Waals surface area contributed by atoms with E-state index in [0.29, 0.717) is 25.9 Å². The second-order valence-electron chi connectivity index (χ2n) is 12.0. The Hall–Kier alpha value is -2.92. The van der Waals surface area contributed by atoms with Gasteiger partial charge in [0.1, 0.15) is 6.04 Å². The van der Waals surface area contributed by atoms with Crippen LogP contribution < -0.4 is 11.1 Å². The van der Waals surface area contributed by atoms with Gasteiger partial charge in [-0.3, -0.25) is 9.59 Å². The molecule has 2 amide bonds. The number of aromatic nitrogens is 1. The van der Waals surface area contributed by atoms with E-state index in [1.54, 1.807) is 20.9 Å². The second kappa shape index (κ2) is 11.4. The fraction of sp³-hybridized carbons (Fsp3) is 0.467. The molecule has 222 valence electrons. The Morgan fingerprint density at radius 3 is 2.44 bits per heavy atom. The van der Waals surface area contributed by atoms with E-state index in [1.807, 2.05) is 53.6 Å². The van der Waals surface area contributed by atoms with Crippen LogP contribution in [0.15, 0.2) is 54.7 Å². The number of nitrogens with zero attached hydrogens (tertiary/aromatic N) is 2. The van der Waals surface area contributed by atoms with Crippen molar-refractivity contribution in [1.82, 2.24) is 19.5 Å². The van der Waals surface area contributed by atoms with Gasteiger partial charge in [0.05, 0.1) is 17.8 Å². The lowest BCUT2D eigenvalue weighted by atomic mass is 9.73. The molecular weight excluding hydrogens is 562 g/mol. The molecule has 0 radical (unpaired) electrons. The summed E-state index contributed by atoms with van der Waals surface area (Å²) in [6.07, 6.45) is 5.61. The predicted octanol–water partition coefficient (Wildman–Crippen LogP) is 3.25. The number of rotatable bonds is 7. The van der Waals surface area contributed by atoms with Crippen molar-refractivity contribution in [3.05, 3.63) is 71.4 Å². The van der Waals surface area contributed by atoms with Gasteiger partial charge >= 0.3 is 0 Å². The van der Waals surface area contributed by atoms with Crippen LogP contribution in [0.4, 0.5) is 0 Å². The first-order valence-corrected chi connectivity index (χ1v) is 15.6. The van der Waals surface area contributed by atoms with Crippen LogP contribution in [0.2, 0.25) is 0 Å². The highest BCUT2D eigenvalue weighted by molar-refractivity contribution is 7.88. The minimum absolute atomic E-state index is 0. The number of para-hydroxylation sites is 1. The number of H-pyrrole nitrogens is 1. The third-order valence-corrected chi connectivity index (χ3v) is 10.1.